The number of rotatable bonds is 3. The summed E-state index contributed by atoms with van der Waals surface area (Å²) < 4.78 is 29.0. The zero-order chi connectivity index (χ0) is 14.9. The highest BCUT2D eigenvalue weighted by molar-refractivity contribution is 7.86. The molecule has 0 radical (unpaired) electrons. The van der Waals surface area contributed by atoms with Gasteiger partial charge in [0.2, 0.25) is 0 Å². The lowest BCUT2D eigenvalue weighted by Crippen LogP contribution is -2.52. The van der Waals surface area contributed by atoms with Gasteiger partial charge in [0.1, 0.15) is 0 Å². The van der Waals surface area contributed by atoms with Crippen LogP contribution in [0.1, 0.15) is 51.4 Å². The lowest BCUT2D eigenvalue weighted by atomic mass is 9.78. The molecule has 2 heterocycles. The molecule has 1 saturated carbocycles. The molecule has 6 heteroatoms. The summed E-state index contributed by atoms with van der Waals surface area (Å²) in [6.45, 7) is 3.30. The summed E-state index contributed by atoms with van der Waals surface area (Å²) in [5.41, 5.74) is 6.20. The SMILES string of the molecule is NCC1CCCN(S(=O)(=O)N2CCC3(CCCC3)CC2)C1. The van der Waals surface area contributed by atoms with Gasteiger partial charge in [-0.2, -0.15) is 17.0 Å². The summed E-state index contributed by atoms with van der Waals surface area (Å²) in [5.74, 6) is 0.333. The predicted octanol–water partition coefficient (Wildman–Crippen LogP) is 1.56. The van der Waals surface area contributed by atoms with Gasteiger partial charge in [0, 0.05) is 26.2 Å². The average molecular weight is 315 g/mol. The van der Waals surface area contributed by atoms with E-state index >= 15 is 0 Å². The molecule has 2 saturated heterocycles. The van der Waals surface area contributed by atoms with Crippen LogP contribution in [-0.2, 0) is 10.2 Å². The van der Waals surface area contributed by atoms with Gasteiger partial charge in [-0.05, 0) is 56.4 Å². The minimum atomic E-state index is -3.26. The second-order valence-electron chi connectivity index (χ2n) is 7.22. The molecule has 2 N–H and O–H groups in total. The van der Waals surface area contributed by atoms with E-state index in [2.05, 4.69) is 0 Å². The highest BCUT2D eigenvalue weighted by Crippen LogP contribution is 2.46. The molecule has 122 valence electrons. The maximum atomic E-state index is 12.8. The minimum Gasteiger partial charge on any atom is -0.330 e. The third-order valence-electron chi connectivity index (χ3n) is 5.91. The predicted molar refractivity (Wildman–Crippen MR) is 84.0 cm³/mol. The van der Waals surface area contributed by atoms with E-state index in [-0.39, 0.29) is 0 Å². The minimum absolute atomic E-state index is 0.333. The van der Waals surface area contributed by atoms with E-state index < -0.39 is 10.2 Å². The molecule has 1 spiro atoms. The summed E-state index contributed by atoms with van der Waals surface area (Å²) in [5, 5.41) is 0. The first-order chi connectivity index (χ1) is 10.1. The van der Waals surface area contributed by atoms with E-state index in [1.807, 2.05) is 0 Å². The van der Waals surface area contributed by atoms with Crippen LogP contribution in [0.2, 0.25) is 0 Å². The molecule has 0 amide bonds. The maximum absolute atomic E-state index is 12.8. The zero-order valence-electron chi connectivity index (χ0n) is 13.0. The Kier molecular flexibility index (Phi) is 4.60. The second-order valence-corrected chi connectivity index (χ2v) is 9.14. The molecule has 1 aliphatic carbocycles. The normalized spacial score (nSPS) is 31.8. The van der Waals surface area contributed by atoms with Crippen molar-refractivity contribution in [3.63, 3.8) is 0 Å². The molecule has 1 unspecified atom stereocenters. The van der Waals surface area contributed by atoms with Gasteiger partial charge in [0.25, 0.3) is 10.2 Å². The molecule has 0 aromatic carbocycles. The van der Waals surface area contributed by atoms with Crippen LogP contribution in [0.5, 0.6) is 0 Å². The van der Waals surface area contributed by atoms with Crippen LogP contribution in [0.4, 0.5) is 0 Å². The van der Waals surface area contributed by atoms with Crippen LogP contribution in [0.15, 0.2) is 0 Å². The Bertz CT molecular complexity index is 450. The van der Waals surface area contributed by atoms with Gasteiger partial charge >= 0.3 is 0 Å². The quantitative estimate of drug-likeness (QED) is 0.859. The summed E-state index contributed by atoms with van der Waals surface area (Å²) in [7, 11) is -3.26. The number of hydrogen-bond donors (Lipinski definition) is 1. The van der Waals surface area contributed by atoms with Crippen molar-refractivity contribution in [3.05, 3.63) is 0 Å². The highest BCUT2D eigenvalue weighted by Gasteiger charge is 2.41. The van der Waals surface area contributed by atoms with Crippen molar-refractivity contribution in [2.75, 3.05) is 32.7 Å². The van der Waals surface area contributed by atoms with E-state index in [1.165, 1.54) is 25.7 Å². The maximum Gasteiger partial charge on any atom is 0.281 e. The summed E-state index contributed by atoms with van der Waals surface area (Å²) in [6.07, 6.45) is 9.39. The average Bonchev–Trinajstić information content (AvgIpc) is 2.96. The van der Waals surface area contributed by atoms with E-state index in [0.29, 0.717) is 44.1 Å². The second kappa shape index (κ2) is 6.14. The lowest BCUT2D eigenvalue weighted by Gasteiger charge is -2.41. The third-order valence-corrected chi connectivity index (χ3v) is 7.92. The molecule has 0 aromatic rings. The van der Waals surface area contributed by atoms with Crippen molar-refractivity contribution in [1.82, 2.24) is 8.61 Å². The van der Waals surface area contributed by atoms with Gasteiger partial charge in [0.15, 0.2) is 0 Å². The molecule has 1 atom stereocenters. The van der Waals surface area contributed by atoms with Crippen molar-refractivity contribution in [1.29, 1.82) is 0 Å². The topological polar surface area (TPSA) is 66.6 Å². The largest absolute Gasteiger partial charge is 0.330 e. The first-order valence-electron chi connectivity index (χ1n) is 8.51. The Balaban J connectivity index is 1.63. The molecule has 3 rings (SSSR count). The van der Waals surface area contributed by atoms with Gasteiger partial charge in [0.05, 0.1) is 0 Å². The van der Waals surface area contributed by atoms with E-state index in [4.69, 9.17) is 5.73 Å². The van der Waals surface area contributed by atoms with Crippen LogP contribution in [0.25, 0.3) is 0 Å². The number of hydrogen-bond acceptors (Lipinski definition) is 3. The number of nitrogens with two attached hydrogens (primary N) is 1. The molecular formula is C15H29N3O2S. The molecule has 2 aliphatic heterocycles. The standard InChI is InChI=1S/C15H29N3O2S/c16-12-14-4-3-9-18(13-14)21(19,20)17-10-7-15(8-11-17)5-1-2-6-15/h14H,1-13,16H2. The lowest BCUT2D eigenvalue weighted by molar-refractivity contribution is 0.150. The monoisotopic (exact) mass is 315 g/mol. The van der Waals surface area contributed by atoms with Crippen LogP contribution >= 0.6 is 0 Å². The van der Waals surface area contributed by atoms with Crippen molar-refractivity contribution in [2.24, 2.45) is 17.1 Å². The number of nitrogens with zero attached hydrogens (tertiary/aromatic N) is 2. The molecule has 5 nitrogen and oxygen atoms in total. The fourth-order valence-corrected chi connectivity index (χ4v) is 6.14. The summed E-state index contributed by atoms with van der Waals surface area (Å²) in [6, 6.07) is 0. The molecular weight excluding hydrogens is 286 g/mol. The van der Waals surface area contributed by atoms with Gasteiger partial charge in [-0.25, -0.2) is 0 Å². The van der Waals surface area contributed by atoms with E-state index in [9.17, 15) is 8.42 Å². The summed E-state index contributed by atoms with van der Waals surface area (Å²) in [4.78, 5) is 0. The first kappa shape index (κ1) is 15.7. The molecule has 0 aromatic heterocycles. The Morgan fingerprint density at radius 1 is 0.952 bits per heavy atom. The molecule has 3 aliphatic rings. The number of piperidine rings is 2. The Hall–Kier alpha value is -0.170. The Morgan fingerprint density at radius 3 is 2.24 bits per heavy atom. The zero-order valence-corrected chi connectivity index (χ0v) is 13.8. The molecule has 21 heavy (non-hydrogen) atoms. The van der Waals surface area contributed by atoms with Crippen LogP contribution in [0, 0.1) is 11.3 Å². The fourth-order valence-electron chi connectivity index (χ4n) is 4.41. The van der Waals surface area contributed by atoms with Gasteiger partial charge in [-0.3, -0.25) is 0 Å². The van der Waals surface area contributed by atoms with Crippen LogP contribution < -0.4 is 5.73 Å². The fraction of sp³-hybridized carbons (Fsp3) is 1.00. The van der Waals surface area contributed by atoms with Crippen molar-refractivity contribution in [3.8, 4) is 0 Å². The van der Waals surface area contributed by atoms with E-state index in [1.54, 1.807) is 8.61 Å². The van der Waals surface area contributed by atoms with Gasteiger partial charge < -0.3 is 5.73 Å². The van der Waals surface area contributed by atoms with Crippen LogP contribution in [0.3, 0.4) is 0 Å². The first-order valence-corrected chi connectivity index (χ1v) is 9.91. The van der Waals surface area contributed by atoms with Crippen LogP contribution in [-0.4, -0.2) is 49.8 Å². The Morgan fingerprint density at radius 2 is 1.62 bits per heavy atom. The smallest absolute Gasteiger partial charge is 0.281 e. The van der Waals surface area contributed by atoms with Gasteiger partial charge in [-0.15, -0.1) is 0 Å². The molecule has 3 fully saturated rings. The highest BCUT2D eigenvalue weighted by atomic mass is 32.2. The third kappa shape index (κ3) is 3.14. The Labute approximate surface area is 129 Å². The molecule has 0 bridgehead atoms. The van der Waals surface area contributed by atoms with Crippen molar-refractivity contribution < 1.29 is 8.42 Å². The van der Waals surface area contributed by atoms with Crippen molar-refractivity contribution in [2.45, 2.75) is 51.4 Å². The van der Waals surface area contributed by atoms with E-state index in [0.717, 1.165) is 25.7 Å². The van der Waals surface area contributed by atoms with Gasteiger partial charge in [-0.1, -0.05) is 12.8 Å². The van der Waals surface area contributed by atoms with Crippen molar-refractivity contribution >= 4 is 10.2 Å². The summed E-state index contributed by atoms with van der Waals surface area (Å²) >= 11 is 0.